The highest BCUT2D eigenvalue weighted by Gasteiger charge is 2.35. The zero-order chi connectivity index (χ0) is 29.3. The number of hydrogen-bond donors (Lipinski definition) is 1. The minimum Gasteiger partial charge on any atom is -0.521 e. The van der Waals surface area contributed by atoms with Gasteiger partial charge >= 0.3 is 13.1 Å². The first-order chi connectivity index (χ1) is 21.1. The number of carbonyl (C=O) groups excluding carboxylic acids is 1. The summed E-state index contributed by atoms with van der Waals surface area (Å²) >= 11 is 0. The quantitative estimate of drug-likeness (QED) is 0.141. The van der Waals surface area contributed by atoms with Crippen molar-refractivity contribution in [2.75, 3.05) is 7.11 Å². The molecule has 1 N–H and O–H groups in total. The number of esters is 1. The third kappa shape index (κ3) is 4.85. The van der Waals surface area contributed by atoms with Gasteiger partial charge in [-0.3, -0.25) is 4.99 Å². The summed E-state index contributed by atoms with van der Waals surface area (Å²) in [7, 11) is 0.532. The molecule has 0 amide bonds. The molecule has 1 heterocycles. The first-order valence-electron chi connectivity index (χ1n) is 14.0. The molecule has 0 aliphatic carbocycles. The van der Waals surface area contributed by atoms with Crippen molar-refractivity contribution < 1.29 is 23.9 Å². The van der Waals surface area contributed by atoms with Crippen molar-refractivity contribution in [1.29, 1.82) is 0 Å². The highest BCUT2D eigenvalue weighted by atomic mass is 16.6. The molecule has 6 aromatic carbocycles. The van der Waals surface area contributed by atoms with Gasteiger partial charge in [0.15, 0.2) is 6.04 Å². The van der Waals surface area contributed by atoms with Gasteiger partial charge in [0.1, 0.15) is 17.2 Å². The van der Waals surface area contributed by atoms with Gasteiger partial charge < -0.3 is 19.2 Å². The standard InChI is InChI=1S/C36H26BNO5/c1-41-36(40)35(25-14-18-27(39)19-15-25)38-22-26-10-4-7-13-30(26)37-42-31-20-16-23-8-2-5-11-28(23)33(31)34-29-12-6-3-9-24(29)17-21-32(34)43-37/h2-22,35,39H,1H3/t35-/m0/s1. The second-order valence-electron chi connectivity index (χ2n) is 10.3. The van der Waals surface area contributed by atoms with Gasteiger partial charge in [-0.2, -0.15) is 0 Å². The van der Waals surface area contributed by atoms with E-state index in [0.717, 1.165) is 43.7 Å². The van der Waals surface area contributed by atoms with Crippen LogP contribution in [0.25, 0.3) is 32.7 Å². The Balaban J connectivity index is 1.36. The Morgan fingerprint density at radius 2 is 1.30 bits per heavy atom. The number of nitrogens with zero attached hydrogens (tertiary/aromatic N) is 1. The Labute approximate surface area is 249 Å². The maximum Gasteiger partial charge on any atom is 0.633 e. The fourth-order valence-corrected chi connectivity index (χ4v) is 5.65. The molecule has 1 aliphatic rings. The van der Waals surface area contributed by atoms with Gasteiger partial charge in [0.25, 0.3) is 0 Å². The molecule has 7 rings (SSSR count). The van der Waals surface area contributed by atoms with Gasteiger partial charge in [0.2, 0.25) is 0 Å². The van der Waals surface area contributed by atoms with E-state index in [1.165, 1.54) is 19.2 Å². The SMILES string of the molecule is COC(=O)[C@@H](N=Cc1ccccc1B1Oc2ccc3ccccc3c2-c2c(ccc3ccccc23)O1)c1ccc(O)cc1. The number of phenols is 1. The Bertz CT molecular complexity index is 1930. The summed E-state index contributed by atoms with van der Waals surface area (Å²) in [5.41, 5.74) is 4.04. The summed E-state index contributed by atoms with van der Waals surface area (Å²) in [4.78, 5) is 17.3. The lowest BCUT2D eigenvalue weighted by atomic mass is 9.75. The molecule has 6 nitrogen and oxygen atoms in total. The van der Waals surface area contributed by atoms with Crippen LogP contribution in [0.4, 0.5) is 0 Å². The van der Waals surface area contributed by atoms with Crippen molar-refractivity contribution in [3.63, 3.8) is 0 Å². The van der Waals surface area contributed by atoms with Gasteiger partial charge in [0.05, 0.1) is 7.11 Å². The van der Waals surface area contributed by atoms with Gasteiger partial charge in [0, 0.05) is 22.8 Å². The number of phenolic OH excluding ortho intramolecular Hbond substituents is 1. The monoisotopic (exact) mass is 563 g/mol. The van der Waals surface area contributed by atoms with Crippen molar-refractivity contribution in [1.82, 2.24) is 0 Å². The van der Waals surface area contributed by atoms with Gasteiger partial charge in [-0.05, 0) is 56.9 Å². The van der Waals surface area contributed by atoms with Gasteiger partial charge in [-0.1, -0.05) is 97.1 Å². The van der Waals surface area contributed by atoms with Crippen molar-refractivity contribution in [2.45, 2.75) is 6.04 Å². The number of ether oxygens (including phenoxy) is 1. The molecule has 0 bridgehead atoms. The number of carbonyl (C=O) groups is 1. The molecule has 1 atom stereocenters. The molecule has 208 valence electrons. The summed E-state index contributed by atoms with van der Waals surface area (Å²) in [6.45, 7) is 0. The van der Waals surface area contributed by atoms with E-state index in [2.05, 4.69) is 41.4 Å². The van der Waals surface area contributed by atoms with E-state index in [1.807, 2.05) is 60.7 Å². The Hall–Kier alpha value is -5.56. The van der Waals surface area contributed by atoms with Crippen LogP contribution in [-0.2, 0) is 9.53 Å². The Kier molecular flexibility index (Phi) is 6.76. The van der Waals surface area contributed by atoms with Crippen molar-refractivity contribution in [3.8, 4) is 28.4 Å². The number of fused-ring (bicyclic) bond motifs is 7. The molecular formula is C36H26BNO5. The van der Waals surface area contributed by atoms with Crippen molar-refractivity contribution >= 4 is 46.3 Å². The predicted octanol–water partition coefficient (Wildman–Crippen LogP) is 6.87. The van der Waals surface area contributed by atoms with E-state index in [0.29, 0.717) is 17.1 Å². The summed E-state index contributed by atoms with van der Waals surface area (Å²) in [5, 5.41) is 14.1. The van der Waals surface area contributed by atoms with E-state index in [-0.39, 0.29) is 5.75 Å². The number of aromatic hydroxyl groups is 1. The third-order valence-electron chi connectivity index (χ3n) is 7.75. The second kappa shape index (κ2) is 11.0. The van der Waals surface area contributed by atoms with E-state index in [1.54, 1.807) is 18.3 Å². The average Bonchev–Trinajstić information content (AvgIpc) is 3.23. The zero-order valence-electron chi connectivity index (χ0n) is 23.3. The maximum absolute atomic E-state index is 12.7. The largest absolute Gasteiger partial charge is 0.633 e. The minimum atomic E-state index is -0.909. The number of rotatable bonds is 5. The van der Waals surface area contributed by atoms with Crippen molar-refractivity contribution in [3.05, 3.63) is 132 Å². The summed E-state index contributed by atoms with van der Waals surface area (Å²) in [6.07, 6.45) is 1.64. The molecule has 0 fully saturated rings. The summed E-state index contributed by atoms with van der Waals surface area (Å²) < 4.78 is 18.4. The molecule has 43 heavy (non-hydrogen) atoms. The predicted molar refractivity (Wildman–Crippen MR) is 170 cm³/mol. The van der Waals surface area contributed by atoms with Gasteiger partial charge in [-0.25, -0.2) is 4.79 Å². The number of hydrogen-bond acceptors (Lipinski definition) is 6. The average molecular weight is 563 g/mol. The summed E-state index contributed by atoms with van der Waals surface area (Å²) in [5.74, 6) is 1.01. The van der Waals surface area contributed by atoms with Crippen LogP contribution in [0.5, 0.6) is 17.2 Å². The first-order valence-corrected chi connectivity index (χ1v) is 14.0. The van der Waals surface area contributed by atoms with E-state index in [9.17, 15) is 9.90 Å². The van der Waals surface area contributed by atoms with E-state index >= 15 is 0 Å². The third-order valence-corrected chi connectivity index (χ3v) is 7.75. The fraction of sp³-hybridized carbons (Fsp3) is 0.0556. The molecule has 1 aliphatic heterocycles. The van der Waals surface area contributed by atoms with Crippen LogP contribution in [0, 0.1) is 0 Å². The van der Waals surface area contributed by atoms with E-state index in [4.69, 9.17) is 14.0 Å². The van der Waals surface area contributed by atoms with Gasteiger partial charge in [-0.15, -0.1) is 0 Å². The topological polar surface area (TPSA) is 77.4 Å². The lowest BCUT2D eigenvalue weighted by molar-refractivity contribution is -0.142. The number of benzene rings is 6. The molecule has 0 saturated carbocycles. The fourth-order valence-electron chi connectivity index (χ4n) is 5.65. The van der Waals surface area contributed by atoms with Crippen LogP contribution >= 0.6 is 0 Å². The minimum absolute atomic E-state index is 0.102. The van der Waals surface area contributed by atoms with Crippen LogP contribution < -0.4 is 14.8 Å². The molecule has 0 spiro atoms. The van der Waals surface area contributed by atoms with Crippen LogP contribution in [0.1, 0.15) is 17.2 Å². The van der Waals surface area contributed by atoms with Crippen LogP contribution in [-0.4, -0.2) is 31.5 Å². The molecular weight excluding hydrogens is 537 g/mol. The lowest BCUT2D eigenvalue weighted by Crippen LogP contribution is -2.44. The number of methoxy groups -OCH3 is 1. The normalized spacial score (nSPS) is 13.1. The van der Waals surface area contributed by atoms with E-state index < -0.39 is 19.1 Å². The first kappa shape index (κ1) is 26.4. The molecule has 0 saturated heterocycles. The van der Waals surface area contributed by atoms with Crippen molar-refractivity contribution in [2.24, 2.45) is 4.99 Å². The molecule has 0 radical (unpaired) electrons. The Morgan fingerprint density at radius 3 is 1.91 bits per heavy atom. The highest BCUT2D eigenvalue weighted by Crippen LogP contribution is 2.47. The van der Waals surface area contributed by atoms with Crippen LogP contribution in [0.2, 0.25) is 0 Å². The lowest BCUT2D eigenvalue weighted by Gasteiger charge is -2.17. The smallest absolute Gasteiger partial charge is 0.521 e. The zero-order valence-corrected chi connectivity index (χ0v) is 23.3. The maximum atomic E-state index is 12.7. The Morgan fingerprint density at radius 1 is 0.744 bits per heavy atom. The van der Waals surface area contributed by atoms with Crippen LogP contribution in [0.3, 0.4) is 0 Å². The summed E-state index contributed by atoms with van der Waals surface area (Å²) in [6, 6.07) is 37.8. The number of aliphatic imine (C=N–C) groups is 1. The molecule has 7 heteroatoms. The molecule has 0 unspecified atom stereocenters. The van der Waals surface area contributed by atoms with Crippen LogP contribution in [0.15, 0.2) is 126 Å². The molecule has 0 aromatic heterocycles. The molecule has 6 aromatic rings. The second-order valence-corrected chi connectivity index (χ2v) is 10.3. The highest BCUT2D eigenvalue weighted by molar-refractivity contribution is 6.64.